The SMILES string of the molecule is CC(=O)N1CCC[C@H]1C(=O)N[C@@H](CCCCN)C(=O)N[C@@H](CCC(=O)O)C(=O)N[C@@H](CCC(=O)O)C(=O)N[C@@H](CCCCNC(=O)COCCOCCNC(=O)CCCCCCCCCCCCCCC(=O)O)C(N)=O. The number of nitrogens with one attached hydrogen (secondary N) is 6. The Kier molecular flexibility index (Phi) is 37.8. The number of rotatable bonds is 47. The van der Waals surface area contributed by atoms with Crippen LogP contribution >= 0.6 is 0 Å². The number of carboxylic acids is 3. The first-order valence-electron chi connectivity index (χ1n) is 27.2. The summed E-state index contributed by atoms with van der Waals surface area (Å²) in [6.07, 6.45) is 14.0. The van der Waals surface area contributed by atoms with Crippen LogP contribution < -0.4 is 43.4 Å². The number of carbonyl (C=O) groups excluding carboxylic acids is 8. The van der Waals surface area contributed by atoms with E-state index in [1.807, 2.05) is 0 Å². The second-order valence-electron chi connectivity index (χ2n) is 19.2. The molecule has 1 aliphatic heterocycles. The first-order valence-corrected chi connectivity index (χ1v) is 27.2. The molecule has 0 saturated carbocycles. The van der Waals surface area contributed by atoms with Gasteiger partial charge in [-0.05, 0) is 83.6 Å². The summed E-state index contributed by atoms with van der Waals surface area (Å²) in [6, 6.07) is -6.46. The number of aliphatic carboxylic acids is 3. The van der Waals surface area contributed by atoms with Crippen molar-refractivity contribution in [3.63, 3.8) is 0 Å². The van der Waals surface area contributed by atoms with Gasteiger partial charge in [0, 0.05) is 52.2 Å². The Morgan fingerprint density at radius 2 is 0.974 bits per heavy atom. The highest BCUT2D eigenvalue weighted by atomic mass is 16.5. The van der Waals surface area contributed by atoms with Gasteiger partial charge in [0.05, 0.1) is 19.8 Å². The van der Waals surface area contributed by atoms with Crippen molar-refractivity contribution >= 4 is 65.2 Å². The number of amides is 8. The lowest BCUT2D eigenvalue weighted by Gasteiger charge is -2.27. The zero-order valence-electron chi connectivity index (χ0n) is 44.7. The lowest BCUT2D eigenvalue weighted by Crippen LogP contribution is -2.59. The van der Waals surface area contributed by atoms with Crippen LogP contribution in [0, 0.1) is 0 Å². The van der Waals surface area contributed by atoms with Crippen LogP contribution in [-0.2, 0) is 62.2 Å². The monoisotopic (exact) mass is 1080 g/mol. The molecule has 0 spiro atoms. The highest BCUT2D eigenvalue weighted by molar-refractivity contribution is 5.96. The van der Waals surface area contributed by atoms with Crippen LogP contribution in [-0.4, -0.2) is 168 Å². The minimum absolute atomic E-state index is 0.00769. The minimum atomic E-state index is -1.58. The van der Waals surface area contributed by atoms with Gasteiger partial charge < -0.3 is 73.1 Å². The maximum Gasteiger partial charge on any atom is 0.303 e. The van der Waals surface area contributed by atoms with E-state index >= 15 is 0 Å². The van der Waals surface area contributed by atoms with E-state index in [0.717, 1.165) is 51.4 Å². The third kappa shape index (κ3) is 33.9. The van der Waals surface area contributed by atoms with Gasteiger partial charge in [0.25, 0.3) is 0 Å². The molecule has 1 fully saturated rings. The molecule has 8 amide bonds. The van der Waals surface area contributed by atoms with E-state index in [9.17, 15) is 63.0 Å². The number of likely N-dealkylation sites (tertiary alicyclic amines) is 1. The van der Waals surface area contributed by atoms with Gasteiger partial charge in [0.15, 0.2) is 0 Å². The van der Waals surface area contributed by atoms with E-state index in [-0.39, 0.29) is 77.0 Å². The Morgan fingerprint density at radius 3 is 1.49 bits per heavy atom. The van der Waals surface area contributed by atoms with Gasteiger partial charge in [-0.2, -0.15) is 0 Å². The van der Waals surface area contributed by atoms with Crippen molar-refractivity contribution in [1.82, 2.24) is 36.8 Å². The van der Waals surface area contributed by atoms with Crippen LogP contribution in [0.3, 0.4) is 0 Å². The van der Waals surface area contributed by atoms with Crippen LogP contribution in [0.4, 0.5) is 0 Å². The van der Waals surface area contributed by atoms with Gasteiger partial charge in [-0.25, -0.2) is 0 Å². The molecule has 25 nitrogen and oxygen atoms in total. The third-order valence-corrected chi connectivity index (χ3v) is 12.7. The largest absolute Gasteiger partial charge is 0.481 e. The average molecular weight is 1080 g/mol. The molecule has 13 N–H and O–H groups in total. The van der Waals surface area contributed by atoms with Crippen molar-refractivity contribution < 1.29 is 77.5 Å². The van der Waals surface area contributed by atoms with Gasteiger partial charge in [-0.15, -0.1) is 0 Å². The molecule has 0 radical (unpaired) electrons. The zero-order chi connectivity index (χ0) is 56.5. The number of ether oxygens (including phenoxy) is 2. The number of nitrogens with two attached hydrogens (primary N) is 2. The third-order valence-electron chi connectivity index (χ3n) is 12.7. The van der Waals surface area contributed by atoms with Crippen molar-refractivity contribution in [1.29, 1.82) is 0 Å². The highest BCUT2D eigenvalue weighted by Gasteiger charge is 2.36. The van der Waals surface area contributed by atoms with Crippen molar-refractivity contribution in [3.05, 3.63) is 0 Å². The fraction of sp³-hybridized carbons (Fsp3) is 0.784. The van der Waals surface area contributed by atoms with Crippen molar-refractivity contribution in [2.75, 3.05) is 52.6 Å². The van der Waals surface area contributed by atoms with E-state index in [1.54, 1.807) is 0 Å². The molecule has 0 aromatic carbocycles. The predicted molar refractivity (Wildman–Crippen MR) is 278 cm³/mol. The molecule has 1 heterocycles. The molecule has 0 aromatic heterocycles. The van der Waals surface area contributed by atoms with E-state index in [1.165, 1.54) is 37.5 Å². The molecule has 5 atom stereocenters. The highest BCUT2D eigenvalue weighted by Crippen LogP contribution is 2.19. The Bertz CT molecular complexity index is 1810. The molecular weight excluding hydrogens is 995 g/mol. The topological polar surface area (TPSA) is 394 Å². The van der Waals surface area contributed by atoms with Crippen LogP contribution in [0.15, 0.2) is 0 Å². The van der Waals surface area contributed by atoms with Crippen molar-refractivity contribution in [3.8, 4) is 0 Å². The fourth-order valence-corrected chi connectivity index (χ4v) is 8.44. The maximum atomic E-state index is 13.7. The molecule has 434 valence electrons. The maximum absolute atomic E-state index is 13.7. The van der Waals surface area contributed by atoms with E-state index in [4.69, 9.17) is 26.0 Å². The molecule has 0 aliphatic carbocycles. The Balaban J connectivity index is 2.49. The summed E-state index contributed by atoms with van der Waals surface area (Å²) >= 11 is 0. The van der Waals surface area contributed by atoms with Crippen LogP contribution in [0.25, 0.3) is 0 Å². The average Bonchev–Trinajstić information content (AvgIpc) is 3.87. The van der Waals surface area contributed by atoms with Crippen LogP contribution in [0.2, 0.25) is 0 Å². The summed E-state index contributed by atoms with van der Waals surface area (Å²) in [7, 11) is 0. The summed E-state index contributed by atoms with van der Waals surface area (Å²) in [5, 5.41) is 42.9. The second-order valence-corrected chi connectivity index (χ2v) is 19.2. The van der Waals surface area contributed by atoms with Gasteiger partial charge >= 0.3 is 17.9 Å². The fourth-order valence-electron chi connectivity index (χ4n) is 8.44. The van der Waals surface area contributed by atoms with Crippen molar-refractivity contribution in [2.24, 2.45) is 11.5 Å². The normalized spacial score (nSPS) is 14.6. The smallest absolute Gasteiger partial charge is 0.303 e. The Hall–Kier alpha value is -5.95. The number of carboxylic acid groups (broad SMARTS) is 3. The number of hydrogen-bond acceptors (Lipinski definition) is 14. The number of unbranched alkanes of at least 4 members (excludes halogenated alkanes) is 13. The molecule has 1 rings (SSSR count). The summed E-state index contributed by atoms with van der Waals surface area (Å²) < 4.78 is 10.8. The van der Waals surface area contributed by atoms with Crippen LogP contribution in [0.5, 0.6) is 0 Å². The number of nitrogens with zero attached hydrogens (tertiary/aromatic N) is 1. The quantitative estimate of drug-likeness (QED) is 0.0382. The van der Waals surface area contributed by atoms with E-state index < -0.39 is 109 Å². The van der Waals surface area contributed by atoms with Crippen molar-refractivity contribution in [2.45, 2.75) is 204 Å². The van der Waals surface area contributed by atoms with Gasteiger partial charge in [0.2, 0.25) is 47.3 Å². The predicted octanol–water partition coefficient (Wildman–Crippen LogP) is 1.26. The number of primary amides is 1. The molecule has 0 aromatic rings. The molecule has 0 bridgehead atoms. The first kappa shape index (κ1) is 68.1. The van der Waals surface area contributed by atoms with Gasteiger partial charge in [-0.3, -0.25) is 52.7 Å². The zero-order valence-corrected chi connectivity index (χ0v) is 44.7. The lowest BCUT2D eigenvalue weighted by atomic mass is 10.0. The van der Waals surface area contributed by atoms with Gasteiger partial charge in [-0.1, -0.05) is 64.2 Å². The van der Waals surface area contributed by atoms with E-state index in [2.05, 4.69) is 31.9 Å². The minimum Gasteiger partial charge on any atom is -0.481 e. The molecule has 1 saturated heterocycles. The Labute approximate surface area is 446 Å². The molecular formula is C51H89N9O16. The standard InChI is InChI=1S/C51H89N9O16/c1-36(61)60-31-18-21-41(60)51(74)59-38(20-14-16-28-52)48(71)57-40(25-27-46(68)69)50(73)58-39(24-26-45(66)67)49(72)56-37(47(53)70)19-15-17-29-54-43(63)35-76-34-33-75-32-30-55-42(62)22-12-10-8-6-4-2-3-5-7-9-11-13-23-44(64)65/h37-41H,2-35,52H2,1H3,(H2,53,70)(H,54,63)(H,55,62)(H,56,72)(H,57,71)(H,58,73)(H,59,74)(H,64,65)(H,66,67)(H,68,69)/t37-,38-,39-,40-,41-/m0/s1. The summed E-state index contributed by atoms with van der Waals surface area (Å²) in [5.74, 6) is -8.49. The molecule has 76 heavy (non-hydrogen) atoms. The second kappa shape index (κ2) is 42.2. The van der Waals surface area contributed by atoms with E-state index in [0.29, 0.717) is 51.6 Å². The summed E-state index contributed by atoms with van der Waals surface area (Å²) in [6.45, 7) is 2.91. The summed E-state index contributed by atoms with van der Waals surface area (Å²) in [4.78, 5) is 138. The molecule has 1 aliphatic rings. The summed E-state index contributed by atoms with van der Waals surface area (Å²) in [5.41, 5.74) is 11.2. The van der Waals surface area contributed by atoms with Crippen LogP contribution in [0.1, 0.15) is 174 Å². The Morgan fingerprint density at radius 1 is 0.513 bits per heavy atom. The molecule has 0 unspecified atom stereocenters. The number of carbonyl (C=O) groups is 11. The number of hydrogen-bond donors (Lipinski definition) is 11. The lowest BCUT2D eigenvalue weighted by molar-refractivity contribution is -0.140. The van der Waals surface area contributed by atoms with Gasteiger partial charge in [0.1, 0.15) is 36.8 Å². The first-order chi connectivity index (χ1) is 36.4. The molecule has 25 heteroatoms.